The maximum absolute atomic E-state index is 5.62. The first kappa shape index (κ1) is 12.8. The SMILES string of the molecule is CCOc1cccc(OCCCCCN)c1. The Labute approximate surface area is 97.6 Å². The summed E-state index contributed by atoms with van der Waals surface area (Å²) in [5.41, 5.74) is 5.42. The van der Waals surface area contributed by atoms with Gasteiger partial charge in [0.25, 0.3) is 0 Å². The van der Waals surface area contributed by atoms with Gasteiger partial charge < -0.3 is 15.2 Å². The number of rotatable bonds is 8. The van der Waals surface area contributed by atoms with Gasteiger partial charge >= 0.3 is 0 Å². The van der Waals surface area contributed by atoms with E-state index in [4.69, 9.17) is 15.2 Å². The molecule has 1 aromatic rings. The van der Waals surface area contributed by atoms with Crippen molar-refractivity contribution in [1.29, 1.82) is 0 Å². The molecule has 0 aliphatic heterocycles. The first-order valence-corrected chi connectivity index (χ1v) is 5.92. The van der Waals surface area contributed by atoms with Gasteiger partial charge in [0.2, 0.25) is 0 Å². The second-order valence-corrected chi connectivity index (χ2v) is 3.61. The second kappa shape index (κ2) is 7.99. The van der Waals surface area contributed by atoms with Crippen LogP contribution in [0.15, 0.2) is 24.3 Å². The summed E-state index contributed by atoms with van der Waals surface area (Å²) in [6.45, 7) is 4.16. The van der Waals surface area contributed by atoms with Gasteiger partial charge in [-0.25, -0.2) is 0 Å². The van der Waals surface area contributed by atoms with Gasteiger partial charge in [-0.3, -0.25) is 0 Å². The highest BCUT2D eigenvalue weighted by Gasteiger charge is 1.97. The van der Waals surface area contributed by atoms with Crippen LogP contribution in [0.5, 0.6) is 11.5 Å². The van der Waals surface area contributed by atoms with Gasteiger partial charge in [-0.05, 0) is 44.9 Å². The number of unbranched alkanes of at least 4 members (excludes halogenated alkanes) is 2. The minimum Gasteiger partial charge on any atom is -0.494 e. The third-order valence-corrected chi connectivity index (χ3v) is 2.23. The Balaban J connectivity index is 2.27. The number of hydrogen-bond donors (Lipinski definition) is 1. The normalized spacial score (nSPS) is 10.1. The fourth-order valence-electron chi connectivity index (χ4n) is 1.43. The van der Waals surface area contributed by atoms with Gasteiger partial charge in [0, 0.05) is 6.07 Å². The Morgan fingerprint density at radius 1 is 1.06 bits per heavy atom. The molecule has 0 amide bonds. The Morgan fingerprint density at radius 3 is 2.50 bits per heavy atom. The molecule has 0 spiro atoms. The fraction of sp³-hybridized carbons (Fsp3) is 0.538. The highest BCUT2D eigenvalue weighted by molar-refractivity contribution is 5.32. The summed E-state index contributed by atoms with van der Waals surface area (Å²) in [4.78, 5) is 0. The summed E-state index contributed by atoms with van der Waals surface area (Å²) in [6, 6.07) is 7.75. The van der Waals surface area contributed by atoms with E-state index >= 15 is 0 Å². The zero-order valence-corrected chi connectivity index (χ0v) is 9.95. The van der Waals surface area contributed by atoms with Crippen molar-refractivity contribution in [2.45, 2.75) is 26.2 Å². The van der Waals surface area contributed by atoms with E-state index < -0.39 is 0 Å². The molecule has 0 atom stereocenters. The molecule has 16 heavy (non-hydrogen) atoms. The van der Waals surface area contributed by atoms with Crippen molar-refractivity contribution >= 4 is 0 Å². The Morgan fingerprint density at radius 2 is 1.81 bits per heavy atom. The lowest BCUT2D eigenvalue weighted by molar-refractivity contribution is 0.299. The van der Waals surface area contributed by atoms with Crippen LogP contribution in [-0.4, -0.2) is 19.8 Å². The molecule has 0 radical (unpaired) electrons. The molecule has 1 aromatic carbocycles. The van der Waals surface area contributed by atoms with Crippen LogP contribution in [0.1, 0.15) is 26.2 Å². The van der Waals surface area contributed by atoms with Gasteiger partial charge in [0.1, 0.15) is 11.5 Å². The van der Waals surface area contributed by atoms with Gasteiger partial charge in [-0.2, -0.15) is 0 Å². The molecular formula is C13H21NO2. The maximum Gasteiger partial charge on any atom is 0.122 e. The van der Waals surface area contributed by atoms with Crippen molar-refractivity contribution < 1.29 is 9.47 Å². The van der Waals surface area contributed by atoms with Crippen molar-refractivity contribution in [3.05, 3.63) is 24.3 Å². The standard InChI is InChI=1S/C13H21NO2/c1-2-15-12-7-6-8-13(11-12)16-10-5-3-4-9-14/h6-8,11H,2-5,9-10,14H2,1H3. The molecule has 2 N–H and O–H groups in total. The summed E-state index contributed by atoms with van der Waals surface area (Å²) in [5.74, 6) is 1.74. The van der Waals surface area contributed by atoms with Gasteiger partial charge in [0.05, 0.1) is 13.2 Å². The van der Waals surface area contributed by atoms with E-state index in [-0.39, 0.29) is 0 Å². The van der Waals surface area contributed by atoms with Gasteiger partial charge in [-0.1, -0.05) is 6.07 Å². The second-order valence-electron chi connectivity index (χ2n) is 3.61. The molecule has 3 nitrogen and oxygen atoms in total. The molecule has 3 heteroatoms. The first-order chi connectivity index (χ1) is 7.86. The maximum atomic E-state index is 5.62. The van der Waals surface area contributed by atoms with Crippen LogP contribution in [-0.2, 0) is 0 Å². The molecule has 0 bridgehead atoms. The number of nitrogens with two attached hydrogens (primary N) is 1. The highest BCUT2D eigenvalue weighted by Crippen LogP contribution is 2.19. The van der Waals surface area contributed by atoms with Crippen molar-refractivity contribution in [2.24, 2.45) is 5.73 Å². The van der Waals surface area contributed by atoms with Crippen LogP contribution in [0.4, 0.5) is 0 Å². The summed E-state index contributed by atoms with van der Waals surface area (Å²) < 4.78 is 11.0. The average molecular weight is 223 g/mol. The molecule has 0 aliphatic carbocycles. The summed E-state index contributed by atoms with van der Waals surface area (Å²) in [7, 11) is 0. The summed E-state index contributed by atoms with van der Waals surface area (Å²) in [6.07, 6.45) is 3.25. The van der Waals surface area contributed by atoms with E-state index in [1.54, 1.807) is 0 Å². The van der Waals surface area contributed by atoms with Gasteiger partial charge in [-0.15, -0.1) is 0 Å². The minimum absolute atomic E-state index is 0.681. The van der Waals surface area contributed by atoms with E-state index in [0.717, 1.165) is 43.9 Å². The molecule has 90 valence electrons. The monoisotopic (exact) mass is 223 g/mol. The van der Waals surface area contributed by atoms with Crippen molar-refractivity contribution in [2.75, 3.05) is 19.8 Å². The van der Waals surface area contributed by atoms with Crippen LogP contribution in [0.25, 0.3) is 0 Å². The fourth-order valence-corrected chi connectivity index (χ4v) is 1.43. The van der Waals surface area contributed by atoms with Crippen LogP contribution < -0.4 is 15.2 Å². The highest BCUT2D eigenvalue weighted by atomic mass is 16.5. The predicted octanol–water partition coefficient (Wildman–Crippen LogP) is 2.59. The van der Waals surface area contributed by atoms with E-state index in [9.17, 15) is 0 Å². The molecule has 0 saturated carbocycles. The van der Waals surface area contributed by atoms with E-state index in [2.05, 4.69) is 0 Å². The molecular weight excluding hydrogens is 202 g/mol. The molecule has 0 unspecified atom stereocenters. The van der Waals surface area contributed by atoms with Crippen molar-refractivity contribution in [3.63, 3.8) is 0 Å². The number of ether oxygens (including phenoxy) is 2. The minimum atomic E-state index is 0.681. The van der Waals surface area contributed by atoms with Crippen molar-refractivity contribution in [3.8, 4) is 11.5 Å². The molecule has 1 rings (SSSR count). The van der Waals surface area contributed by atoms with E-state index in [1.807, 2.05) is 31.2 Å². The largest absolute Gasteiger partial charge is 0.494 e. The topological polar surface area (TPSA) is 44.5 Å². The third-order valence-electron chi connectivity index (χ3n) is 2.23. The summed E-state index contributed by atoms with van der Waals surface area (Å²) in [5, 5.41) is 0. The van der Waals surface area contributed by atoms with Crippen LogP contribution in [0.2, 0.25) is 0 Å². The molecule has 0 fully saturated rings. The van der Waals surface area contributed by atoms with Crippen molar-refractivity contribution in [1.82, 2.24) is 0 Å². The molecule has 0 aromatic heterocycles. The first-order valence-electron chi connectivity index (χ1n) is 5.92. The zero-order chi connectivity index (χ0) is 11.6. The summed E-state index contributed by atoms with van der Waals surface area (Å²) >= 11 is 0. The predicted molar refractivity (Wildman–Crippen MR) is 66.0 cm³/mol. The smallest absolute Gasteiger partial charge is 0.122 e. The Bertz CT molecular complexity index is 289. The lowest BCUT2D eigenvalue weighted by atomic mass is 10.2. The van der Waals surface area contributed by atoms with Gasteiger partial charge in [0.15, 0.2) is 0 Å². The molecule has 0 aliphatic rings. The zero-order valence-electron chi connectivity index (χ0n) is 9.95. The lowest BCUT2D eigenvalue weighted by Crippen LogP contribution is -2.01. The van der Waals surface area contributed by atoms with Crippen LogP contribution >= 0.6 is 0 Å². The van der Waals surface area contributed by atoms with E-state index in [0.29, 0.717) is 6.61 Å². The Kier molecular flexibility index (Phi) is 6.42. The lowest BCUT2D eigenvalue weighted by Gasteiger charge is -2.08. The van der Waals surface area contributed by atoms with Crippen LogP contribution in [0, 0.1) is 0 Å². The molecule has 0 saturated heterocycles. The number of benzene rings is 1. The third kappa shape index (κ3) is 5.03. The molecule has 0 heterocycles. The van der Waals surface area contributed by atoms with E-state index in [1.165, 1.54) is 0 Å². The Hall–Kier alpha value is -1.22. The van der Waals surface area contributed by atoms with Crippen LogP contribution in [0.3, 0.4) is 0 Å². The quantitative estimate of drug-likeness (QED) is 0.689. The average Bonchev–Trinajstić information content (AvgIpc) is 2.30. The number of hydrogen-bond acceptors (Lipinski definition) is 3.